The fourth-order valence-electron chi connectivity index (χ4n) is 4.64. The van der Waals surface area contributed by atoms with Crippen molar-refractivity contribution < 1.29 is 23.5 Å². The molecule has 1 saturated heterocycles. The lowest BCUT2D eigenvalue weighted by molar-refractivity contribution is -0.108. The highest BCUT2D eigenvalue weighted by molar-refractivity contribution is 6.07. The molecule has 0 spiro atoms. The van der Waals surface area contributed by atoms with E-state index >= 15 is 0 Å². The predicted molar refractivity (Wildman–Crippen MR) is 132 cm³/mol. The van der Waals surface area contributed by atoms with Crippen molar-refractivity contribution in [3.63, 3.8) is 0 Å². The van der Waals surface area contributed by atoms with E-state index in [0.717, 1.165) is 25.1 Å². The van der Waals surface area contributed by atoms with E-state index in [4.69, 9.17) is 9.47 Å². The van der Waals surface area contributed by atoms with E-state index in [0.29, 0.717) is 65.9 Å². The number of H-pyrrole nitrogens is 1. The van der Waals surface area contributed by atoms with E-state index in [1.54, 1.807) is 24.5 Å². The largest absolute Gasteiger partial charge is 0.492 e. The van der Waals surface area contributed by atoms with Gasteiger partial charge in [-0.1, -0.05) is 6.07 Å². The van der Waals surface area contributed by atoms with Crippen LogP contribution in [0.4, 0.5) is 15.8 Å². The average Bonchev–Trinajstić information content (AvgIpc) is 3.23. The summed E-state index contributed by atoms with van der Waals surface area (Å²) >= 11 is 0. The number of halogens is 1. The second-order valence-corrected chi connectivity index (χ2v) is 8.97. The van der Waals surface area contributed by atoms with Crippen LogP contribution < -0.4 is 25.4 Å². The highest BCUT2D eigenvalue weighted by atomic mass is 19.1. The van der Waals surface area contributed by atoms with Gasteiger partial charge in [0.15, 0.2) is 11.6 Å². The van der Waals surface area contributed by atoms with Gasteiger partial charge in [0, 0.05) is 55.3 Å². The first-order valence-electron chi connectivity index (χ1n) is 12.0. The number of aldehydes is 1. The lowest BCUT2D eigenvalue weighted by atomic mass is 9.92. The Labute approximate surface area is 207 Å². The zero-order valence-electron chi connectivity index (χ0n) is 19.9. The number of amides is 1. The van der Waals surface area contributed by atoms with Gasteiger partial charge in [-0.05, 0) is 24.6 Å². The fraction of sp³-hybridized carbons (Fsp3) is 0.346. The van der Waals surface area contributed by atoms with Gasteiger partial charge in [0.25, 0.3) is 5.91 Å². The van der Waals surface area contributed by atoms with Crippen LogP contribution in [0.1, 0.15) is 34.8 Å². The van der Waals surface area contributed by atoms with Crippen molar-refractivity contribution in [1.82, 2.24) is 20.6 Å². The minimum atomic E-state index is -0.524. The molecule has 2 aliphatic heterocycles. The maximum Gasteiger partial charge on any atom is 0.255 e. The number of aromatic nitrogens is 2. The summed E-state index contributed by atoms with van der Waals surface area (Å²) in [7, 11) is 1.39. The first-order valence-corrected chi connectivity index (χ1v) is 12.0. The number of fused-ring (bicyclic) bond motifs is 1. The van der Waals surface area contributed by atoms with Gasteiger partial charge in [-0.25, -0.2) is 4.39 Å². The topological polar surface area (TPSA) is 117 Å². The molecule has 2 aromatic heterocycles. The van der Waals surface area contributed by atoms with E-state index in [1.165, 1.54) is 13.2 Å². The van der Waals surface area contributed by atoms with Crippen molar-refractivity contribution in [2.45, 2.75) is 18.8 Å². The molecule has 10 heteroatoms. The van der Waals surface area contributed by atoms with Crippen molar-refractivity contribution in [1.29, 1.82) is 0 Å². The summed E-state index contributed by atoms with van der Waals surface area (Å²) < 4.78 is 25.9. The molecule has 9 nitrogen and oxygen atoms in total. The summed E-state index contributed by atoms with van der Waals surface area (Å²) in [6.07, 6.45) is 5.13. The molecule has 1 amide bonds. The van der Waals surface area contributed by atoms with E-state index in [-0.39, 0.29) is 17.6 Å². The number of para-hydroxylation sites is 1. The molecule has 188 valence electrons. The second-order valence-electron chi connectivity index (χ2n) is 8.97. The Morgan fingerprint density at radius 3 is 2.86 bits per heavy atom. The van der Waals surface area contributed by atoms with Gasteiger partial charge in [0.05, 0.1) is 42.5 Å². The van der Waals surface area contributed by atoms with Crippen molar-refractivity contribution in [3.8, 4) is 22.8 Å². The van der Waals surface area contributed by atoms with Crippen LogP contribution in [-0.2, 0) is 4.79 Å². The molecule has 3 aromatic rings. The number of carbonyl (C=O) groups is 2. The monoisotopic (exact) mass is 493 g/mol. The molecular formula is C26H28FN5O4. The van der Waals surface area contributed by atoms with Crippen molar-refractivity contribution in [2.75, 3.05) is 38.7 Å². The zero-order valence-corrected chi connectivity index (χ0v) is 19.9. The summed E-state index contributed by atoms with van der Waals surface area (Å²) in [4.78, 5) is 31.9. The Bertz CT molecular complexity index is 1270. The third kappa shape index (κ3) is 4.51. The molecular weight excluding hydrogens is 465 g/mol. The molecule has 5 rings (SSSR count). The van der Waals surface area contributed by atoms with Gasteiger partial charge in [0.2, 0.25) is 0 Å². The van der Waals surface area contributed by atoms with Crippen molar-refractivity contribution >= 4 is 23.6 Å². The van der Waals surface area contributed by atoms with E-state index in [2.05, 4.69) is 25.9 Å². The number of anilines is 2. The van der Waals surface area contributed by atoms with Crippen LogP contribution in [0.3, 0.4) is 0 Å². The van der Waals surface area contributed by atoms with Crippen LogP contribution in [0.25, 0.3) is 11.3 Å². The third-order valence-electron chi connectivity index (χ3n) is 6.63. The Balaban J connectivity index is 1.63. The lowest BCUT2D eigenvalue weighted by Crippen LogP contribution is -2.45. The number of methoxy groups -OCH3 is 1. The Morgan fingerprint density at radius 2 is 2.11 bits per heavy atom. The molecule has 0 radical (unpaired) electrons. The number of hydrogen-bond acceptors (Lipinski definition) is 7. The number of benzene rings is 1. The fourth-order valence-corrected chi connectivity index (χ4v) is 4.64. The molecule has 4 N–H and O–H groups in total. The highest BCUT2D eigenvalue weighted by Crippen LogP contribution is 2.44. The Morgan fingerprint density at radius 1 is 1.25 bits per heavy atom. The maximum atomic E-state index is 14.5. The second kappa shape index (κ2) is 10.4. The first kappa shape index (κ1) is 23.8. The number of aromatic amines is 1. The van der Waals surface area contributed by atoms with Crippen molar-refractivity contribution in [2.24, 2.45) is 5.92 Å². The standard InChI is InChI=1S/C26H28FN5O4/c1-35-25-18(27)5-2-6-19(25)31-24-21-22(16(4-3-9-33)12-30-26(21)34)32-23(24)17-7-8-28-13-20(17)36-14-15-10-29-11-15/h2,5-9,13,15-16,29,31-32H,3-4,10-12,14H2,1H3,(H,30,34). The SMILES string of the molecule is COc1c(F)cccc1Nc1c(-c2ccncc2OCC2CNC2)[nH]c2c1C(=O)NCC2CCC=O. The molecule has 1 aromatic carbocycles. The number of hydrogen-bond donors (Lipinski definition) is 4. The maximum absolute atomic E-state index is 14.5. The normalized spacial score (nSPS) is 17.1. The van der Waals surface area contributed by atoms with Crippen molar-refractivity contribution in [3.05, 3.63) is 53.7 Å². The molecule has 0 bridgehead atoms. The van der Waals surface area contributed by atoms with Gasteiger partial charge in [-0.2, -0.15) is 0 Å². The number of ether oxygens (including phenoxy) is 2. The summed E-state index contributed by atoms with van der Waals surface area (Å²) in [5.74, 6) is 0.160. The zero-order chi connectivity index (χ0) is 25.1. The number of carbonyl (C=O) groups excluding carboxylic acids is 2. The Hall–Kier alpha value is -3.92. The summed E-state index contributed by atoms with van der Waals surface area (Å²) in [6, 6.07) is 6.38. The number of pyridine rings is 1. The molecule has 36 heavy (non-hydrogen) atoms. The molecule has 1 unspecified atom stereocenters. The summed E-state index contributed by atoms with van der Waals surface area (Å²) in [6.45, 7) is 2.75. The molecule has 0 saturated carbocycles. The molecule has 2 aliphatic rings. The highest BCUT2D eigenvalue weighted by Gasteiger charge is 2.33. The van der Waals surface area contributed by atoms with Crippen LogP contribution in [0, 0.1) is 11.7 Å². The molecule has 1 fully saturated rings. The average molecular weight is 494 g/mol. The van der Waals surface area contributed by atoms with E-state index in [9.17, 15) is 14.0 Å². The number of nitrogens with zero attached hydrogens (tertiary/aromatic N) is 1. The smallest absolute Gasteiger partial charge is 0.255 e. The van der Waals surface area contributed by atoms with Crippen LogP contribution in [0.15, 0.2) is 36.7 Å². The van der Waals surface area contributed by atoms with Gasteiger partial charge in [-0.15, -0.1) is 0 Å². The minimum Gasteiger partial charge on any atom is -0.492 e. The van der Waals surface area contributed by atoms with Gasteiger partial charge >= 0.3 is 0 Å². The van der Waals surface area contributed by atoms with Crippen LogP contribution in [-0.4, -0.2) is 55.5 Å². The van der Waals surface area contributed by atoms with Gasteiger partial charge < -0.3 is 35.2 Å². The number of nitrogens with one attached hydrogen (secondary N) is 4. The van der Waals surface area contributed by atoms with Crippen LogP contribution >= 0.6 is 0 Å². The van der Waals surface area contributed by atoms with Gasteiger partial charge in [-0.3, -0.25) is 9.78 Å². The lowest BCUT2D eigenvalue weighted by Gasteiger charge is -2.27. The molecule has 0 aliphatic carbocycles. The van der Waals surface area contributed by atoms with E-state index in [1.807, 2.05) is 6.07 Å². The first-order chi connectivity index (χ1) is 17.6. The Kier molecular flexibility index (Phi) is 6.86. The third-order valence-corrected chi connectivity index (χ3v) is 6.63. The predicted octanol–water partition coefficient (Wildman–Crippen LogP) is 3.37. The minimum absolute atomic E-state index is 0.0378. The van der Waals surface area contributed by atoms with Gasteiger partial charge in [0.1, 0.15) is 12.0 Å². The van der Waals surface area contributed by atoms with E-state index < -0.39 is 5.82 Å². The molecule has 4 heterocycles. The summed E-state index contributed by atoms with van der Waals surface area (Å²) in [5, 5.41) is 9.41. The quantitative estimate of drug-likeness (QED) is 0.320. The molecule has 1 atom stereocenters. The van der Waals surface area contributed by atoms with Crippen LogP contribution in [0.5, 0.6) is 11.5 Å². The summed E-state index contributed by atoms with van der Waals surface area (Å²) in [5.41, 5.74) is 3.32. The van der Waals surface area contributed by atoms with Crippen LogP contribution in [0.2, 0.25) is 0 Å². The number of rotatable bonds is 10.